The molecule has 0 spiro atoms. The summed E-state index contributed by atoms with van der Waals surface area (Å²) >= 11 is 5.21. The third-order valence-corrected chi connectivity index (χ3v) is 2.98. The second kappa shape index (κ2) is 5.58. The molecule has 1 aromatic carbocycles. The Morgan fingerprint density at radius 2 is 1.85 bits per heavy atom. The average molecular weight is 281 g/mol. The van der Waals surface area contributed by atoms with Gasteiger partial charge in [0.05, 0.1) is 6.21 Å². The summed E-state index contributed by atoms with van der Waals surface area (Å²) in [6.07, 6.45) is 5.15. The number of hydrogen-bond acceptors (Lipinski definition) is 4. The van der Waals surface area contributed by atoms with Gasteiger partial charge in [-0.15, -0.1) is 0 Å². The van der Waals surface area contributed by atoms with Gasteiger partial charge in [-0.3, -0.25) is 4.98 Å². The van der Waals surface area contributed by atoms with Crippen LogP contribution in [0.25, 0.3) is 11.4 Å². The molecule has 1 N–H and O–H groups in total. The second-order valence-corrected chi connectivity index (χ2v) is 4.44. The molecule has 0 saturated carbocycles. The maximum atomic E-state index is 5.21. The maximum Gasteiger partial charge on any atom is 0.216 e. The summed E-state index contributed by atoms with van der Waals surface area (Å²) in [4.78, 5) is 3.97. The molecule has 5 nitrogen and oxygen atoms in total. The number of nitrogens with zero attached hydrogens (tertiary/aromatic N) is 4. The normalized spacial score (nSPS) is 11.0. The molecule has 0 amide bonds. The Kier molecular flexibility index (Phi) is 3.47. The number of aromatic nitrogens is 4. The standard InChI is InChI=1S/C14H11N5S/c20-14-18-17-13(12-4-2-1-3-5-12)19(14)16-10-11-6-8-15-9-7-11/h1-10H,(H,18,20). The maximum absolute atomic E-state index is 5.21. The Morgan fingerprint density at radius 3 is 2.60 bits per heavy atom. The lowest BCUT2D eigenvalue weighted by Crippen LogP contribution is -1.94. The van der Waals surface area contributed by atoms with E-state index in [0.29, 0.717) is 10.6 Å². The molecule has 2 aromatic heterocycles. The van der Waals surface area contributed by atoms with Crippen LogP contribution >= 0.6 is 12.2 Å². The fraction of sp³-hybridized carbons (Fsp3) is 0. The van der Waals surface area contributed by atoms with Gasteiger partial charge in [0.25, 0.3) is 0 Å². The van der Waals surface area contributed by atoms with Crippen LogP contribution in [0.4, 0.5) is 0 Å². The Labute approximate surface area is 120 Å². The van der Waals surface area contributed by atoms with E-state index in [1.165, 1.54) is 0 Å². The molecule has 2 heterocycles. The van der Waals surface area contributed by atoms with Crippen LogP contribution in [0.1, 0.15) is 5.56 Å². The van der Waals surface area contributed by atoms with Crippen LogP contribution in [0.5, 0.6) is 0 Å². The number of H-pyrrole nitrogens is 1. The number of rotatable bonds is 3. The zero-order valence-electron chi connectivity index (χ0n) is 10.5. The predicted octanol–water partition coefficient (Wildman–Crippen LogP) is 2.88. The third-order valence-electron chi connectivity index (χ3n) is 2.71. The molecular formula is C14H11N5S. The lowest BCUT2D eigenvalue weighted by Gasteiger charge is -2.00. The molecule has 0 saturated heterocycles. The first-order chi connectivity index (χ1) is 9.84. The summed E-state index contributed by atoms with van der Waals surface area (Å²) in [5.74, 6) is 0.681. The van der Waals surface area contributed by atoms with Gasteiger partial charge in [-0.25, -0.2) is 5.10 Å². The Hall–Kier alpha value is -2.60. The lowest BCUT2D eigenvalue weighted by molar-refractivity contribution is 0.871. The number of benzene rings is 1. The van der Waals surface area contributed by atoms with Gasteiger partial charge >= 0.3 is 0 Å². The quantitative estimate of drug-likeness (QED) is 0.593. The van der Waals surface area contributed by atoms with Gasteiger partial charge in [0.1, 0.15) is 0 Å². The van der Waals surface area contributed by atoms with Crippen LogP contribution in [0.15, 0.2) is 60.0 Å². The third kappa shape index (κ3) is 2.55. The largest absolute Gasteiger partial charge is 0.265 e. The molecule has 98 valence electrons. The van der Waals surface area contributed by atoms with Gasteiger partial charge in [-0.1, -0.05) is 30.3 Å². The summed E-state index contributed by atoms with van der Waals surface area (Å²) in [6.45, 7) is 0. The van der Waals surface area contributed by atoms with E-state index in [-0.39, 0.29) is 0 Å². The molecule has 0 unspecified atom stereocenters. The average Bonchev–Trinajstić information content (AvgIpc) is 2.88. The Balaban J connectivity index is 2.01. The van der Waals surface area contributed by atoms with E-state index in [9.17, 15) is 0 Å². The van der Waals surface area contributed by atoms with Gasteiger partial charge in [0.15, 0.2) is 5.82 Å². The van der Waals surface area contributed by atoms with Crippen molar-refractivity contribution in [2.24, 2.45) is 5.10 Å². The highest BCUT2D eigenvalue weighted by Gasteiger charge is 2.06. The van der Waals surface area contributed by atoms with Gasteiger partial charge in [0, 0.05) is 18.0 Å². The van der Waals surface area contributed by atoms with Gasteiger partial charge < -0.3 is 0 Å². The molecule has 0 aliphatic carbocycles. The fourth-order valence-corrected chi connectivity index (χ4v) is 1.93. The molecule has 0 radical (unpaired) electrons. The van der Waals surface area contributed by atoms with Crippen molar-refractivity contribution in [2.75, 3.05) is 0 Å². The first-order valence-corrected chi connectivity index (χ1v) is 6.42. The highest BCUT2D eigenvalue weighted by atomic mass is 32.1. The zero-order chi connectivity index (χ0) is 13.8. The summed E-state index contributed by atoms with van der Waals surface area (Å²) in [5, 5.41) is 11.4. The summed E-state index contributed by atoms with van der Waals surface area (Å²) in [6, 6.07) is 13.5. The van der Waals surface area contributed by atoms with Gasteiger partial charge in [-0.05, 0) is 29.9 Å². The topological polar surface area (TPSA) is 58.9 Å². The Bertz CT molecular complexity index is 774. The van der Waals surface area contributed by atoms with E-state index in [1.807, 2.05) is 42.5 Å². The van der Waals surface area contributed by atoms with E-state index in [0.717, 1.165) is 11.1 Å². The minimum absolute atomic E-state index is 0.453. The first kappa shape index (κ1) is 12.4. The van der Waals surface area contributed by atoms with Crippen LogP contribution < -0.4 is 0 Å². The molecule has 3 aromatic rings. The predicted molar refractivity (Wildman–Crippen MR) is 80.1 cm³/mol. The number of nitrogens with one attached hydrogen (secondary N) is 1. The molecule has 0 aliphatic heterocycles. The SMILES string of the molecule is S=c1[nH]nc(-c2ccccc2)n1N=Cc1ccncc1. The fourth-order valence-electron chi connectivity index (χ4n) is 1.75. The smallest absolute Gasteiger partial charge is 0.216 e. The van der Waals surface area contributed by atoms with Crippen LogP contribution in [0.3, 0.4) is 0 Å². The minimum Gasteiger partial charge on any atom is -0.265 e. The number of aromatic amines is 1. The molecule has 0 aliphatic rings. The van der Waals surface area contributed by atoms with Crippen LogP contribution in [-0.4, -0.2) is 26.1 Å². The molecule has 20 heavy (non-hydrogen) atoms. The molecular weight excluding hydrogens is 270 g/mol. The van der Waals surface area contributed by atoms with Crippen LogP contribution in [-0.2, 0) is 0 Å². The van der Waals surface area contributed by atoms with Crippen molar-refractivity contribution >= 4 is 18.4 Å². The molecule has 0 atom stereocenters. The van der Waals surface area contributed by atoms with Crippen molar-refractivity contribution in [3.8, 4) is 11.4 Å². The van der Waals surface area contributed by atoms with Gasteiger partial charge in [0.2, 0.25) is 4.77 Å². The van der Waals surface area contributed by atoms with Crippen molar-refractivity contribution < 1.29 is 0 Å². The monoisotopic (exact) mass is 281 g/mol. The minimum atomic E-state index is 0.453. The molecule has 0 bridgehead atoms. The van der Waals surface area contributed by atoms with Crippen LogP contribution in [0.2, 0.25) is 0 Å². The summed E-state index contributed by atoms with van der Waals surface area (Å²) in [7, 11) is 0. The van der Waals surface area contributed by atoms with Crippen LogP contribution in [0, 0.1) is 4.77 Å². The summed E-state index contributed by atoms with van der Waals surface area (Å²) in [5.41, 5.74) is 1.90. The lowest BCUT2D eigenvalue weighted by atomic mass is 10.2. The molecule has 3 rings (SSSR count). The van der Waals surface area contributed by atoms with E-state index in [2.05, 4.69) is 20.3 Å². The van der Waals surface area contributed by atoms with Gasteiger partial charge in [-0.2, -0.15) is 14.9 Å². The first-order valence-electron chi connectivity index (χ1n) is 6.02. The molecule has 0 fully saturated rings. The van der Waals surface area contributed by atoms with Crippen molar-refractivity contribution in [1.82, 2.24) is 19.9 Å². The molecule has 6 heteroatoms. The van der Waals surface area contributed by atoms with E-state index in [1.54, 1.807) is 23.3 Å². The number of pyridine rings is 1. The summed E-state index contributed by atoms with van der Waals surface area (Å²) < 4.78 is 2.06. The zero-order valence-corrected chi connectivity index (χ0v) is 11.3. The van der Waals surface area contributed by atoms with E-state index < -0.39 is 0 Å². The van der Waals surface area contributed by atoms with Crippen molar-refractivity contribution in [1.29, 1.82) is 0 Å². The van der Waals surface area contributed by atoms with E-state index >= 15 is 0 Å². The number of hydrogen-bond donors (Lipinski definition) is 1. The van der Waals surface area contributed by atoms with Crippen molar-refractivity contribution in [3.05, 3.63) is 65.2 Å². The highest BCUT2D eigenvalue weighted by molar-refractivity contribution is 7.71. The Morgan fingerprint density at radius 1 is 1.10 bits per heavy atom. The van der Waals surface area contributed by atoms with E-state index in [4.69, 9.17) is 12.2 Å². The highest BCUT2D eigenvalue weighted by Crippen LogP contribution is 2.16. The van der Waals surface area contributed by atoms with Crippen molar-refractivity contribution in [3.63, 3.8) is 0 Å². The van der Waals surface area contributed by atoms with Crippen molar-refractivity contribution in [2.45, 2.75) is 0 Å². The second-order valence-electron chi connectivity index (χ2n) is 4.06.